The highest BCUT2D eigenvalue weighted by Gasteiger charge is 2.17. The van der Waals surface area contributed by atoms with Crippen LogP contribution in [0.3, 0.4) is 0 Å². The van der Waals surface area contributed by atoms with E-state index in [4.69, 9.17) is 11.6 Å². The largest absolute Gasteiger partial charge is 0.274 e. The SMILES string of the molecule is Fc1cccc(F)c1CSc1nnc(Cc2ccccc2)n1-c1cccc(Cl)c1. The summed E-state index contributed by atoms with van der Waals surface area (Å²) in [5.41, 5.74) is 1.90. The molecule has 0 saturated carbocycles. The Balaban J connectivity index is 1.70. The fourth-order valence-electron chi connectivity index (χ4n) is 2.97. The van der Waals surface area contributed by atoms with Crippen molar-refractivity contribution < 1.29 is 8.78 Å². The molecule has 1 heterocycles. The molecule has 0 bridgehead atoms. The van der Waals surface area contributed by atoms with E-state index < -0.39 is 11.6 Å². The fourth-order valence-corrected chi connectivity index (χ4v) is 4.14. The van der Waals surface area contributed by atoms with Gasteiger partial charge in [0, 0.05) is 22.8 Å². The van der Waals surface area contributed by atoms with Crippen LogP contribution >= 0.6 is 23.4 Å². The smallest absolute Gasteiger partial charge is 0.196 e. The third kappa shape index (κ3) is 4.49. The highest BCUT2D eigenvalue weighted by molar-refractivity contribution is 7.98. The van der Waals surface area contributed by atoms with E-state index in [1.54, 1.807) is 6.07 Å². The van der Waals surface area contributed by atoms with Gasteiger partial charge >= 0.3 is 0 Å². The third-order valence-corrected chi connectivity index (χ3v) is 5.57. The first-order valence-corrected chi connectivity index (χ1v) is 10.3. The molecule has 4 rings (SSSR count). The van der Waals surface area contributed by atoms with E-state index in [0.717, 1.165) is 17.1 Å². The molecule has 0 unspecified atom stereocenters. The van der Waals surface area contributed by atoms with Gasteiger partial charge in [-0.25, -0.2) is 8.78 Å². The van der Waals surface area contributed by atoms with Crippen LogP contribution < -0.4 is 0 Å². The Bertz CT molecular complexity index is 1110. The van der Waals surface area contributed by atoms with Crippen LogP contribution in [-0.4, -0.2) is 14.8 Å². The summed E-state index contributed by atoms with van der Waals surface area (Å²) < 4.78 is 29.9. The molecule has 7 heteroatoms. The maximum absolute atomic E-state index is 14.0. The van der Waals surface area contributed by atoms with Gasteiger partial charge in [-0.2, -0.15) is 0 Å². The van der Waals surface area contributed by atoms with E-state index in [-0.39, 0.29) is 11.3 Å². The first kappa shape index (κ1) is 19.6. The second kappa shape index (κ2) is 8.76. The quantitative estimate of drug-likeness (QED) is 0.349. The highest BCUT2D eigenvalue weighted by Crippen LogP contribution is 2.29. The number of halogens is 3. The molecule has 4 aromatic rings. The van der Waals surface area contributed by atoms with Crippen molar-refractivity contribution in [1.29, 1.82) is 0 Å². The normalized spacial score (nSPS) is 11.0. The van der Waals surface area contributed by atoms with Crippen LogP contribution in [0.2, 0.25) is 5.02 Å². The molecule has 29 heavy (non-hydrogen) atoms. The van der Waals surface area contributed by atoms with Crippen molar-refractivity contribution in [2.75, 3.05) is 0 Å². The minimum Gasteiger partial charge on any atom is -0.274 e. The number of benzene rings is 3. The van der Waals surface area contributed by atoms with Gasteiger partial charge in [0.05, 0.1) is 5.69 Å². The van der Waals surface area contributed by atoms with Gasteiger partial charge in [-0.15, -0.1) is 10.2 Å². The molecule has 0 aliphatic heterocycles. The van der Waals surface area contributed by atoms with Gasteiger partial charge in [0.2, 0.25) is 0 Å². The number of hydrogen-bond acceptors (Lipinski definition) is 3. The van der Waals surface area contributed by atoms with E-state index in [2.05, 4.69) is 10.2 Å². The zero-order chi connectivity index (χ0) is 20.2. The zero-order valence-electron chi connectivity index (χ0n) is 15.2. The summed E-state index contributed by atoms with van der Waals surface area (Å²) in [6, 6.07) is 21.1. The van der Waals surface area contributed by atoms with Crippen molar-refractivity contribution in [2.24, 2.45) is 0 Å². The third-order valence-electron chi connectivity index (χ3n) is 4.38. The Morgan fingerprint density at radius 3 is 2.31 bits per heavy atom. The lowest BCUT2D eigenvalue weighted by Crippen LogP contribution is -2.04. The average molecular weight is 428 g/mol. The molecule has 0 atom stereocenters. The molecule has 3 aromatic carbocycles. The number of thioether (sulfide) groups is 1. The van der Waals surface area contributed by atoms with Crippen LogP contribution in [0.4, 0.5) is 8.78 Å². The van der Waals surface area contributed by atoms with Gasteiger partial charge in [-0.05, 0) is 35.9 Å². The summed E-state index contributed by atoms with van der Waals surface area (Å²) in [7, 11) is 0. The summed E-state index contributed by atoms with van der Waals surface area (Å²) in [5, 5.41) is 9.74. The monoisotopic (exact) mass is 427 g/mol. The van der Waals surface area contributed by atoms with E-state index in [0.29, 0.717) is 16.6 Å². The molecule has 0 aliphatic carbocycles. The first-order chi connectivity index (χ1) is 14.1. The van der Waals surface area contributed by atoms with Crippen molar-refractivity contribution in [1.82, 2.24) is 14.8 Å². The minimum atomic E-state index is -0.573. The molecule has 0 fully saturated rings. The molecule has 0 saturated heterocycles. The van der Waals surface area contributed by atoms with Crippen molar-refractivity contribution in [3.8, 4) is 5.69 Å². The van der Waals surface area contributed by atoms with Crippen LogP contribution in [0.5, 0.6) is 0 Å². The lowest BCUT2D eigenvalue weighted by Gasteiger charge is -2.11. The summed E-state index contributed by atoms with van der Waals surface area (Å²) >= 11 is 7.41. The topological polar surface area (TPSA) is 30.7 Å². The molecule has 0 radical (unpaired) electrons. The average Bonchev–Trinajstić information content (AvgIpc) is 3.11. The van der Waals surface area contributed by atoms with Gasteiger partial charge < -0.3 is 0 Å². The molecule has 3 nitrogen and oxygen atoms in total. The van der Waals surface area contributed by atoms with E-state index in [1.165, 1.54) is 30.0 Å². The Morgan fingerprint density at radius 2 is 1.59 bits per heavy atom. The van der Waals surface area contributed by atoms with Crippen LogP contribution in [0, 0.1) is 11.6 Å². The molecule has 146 valence electrons. The fraction of sp³-hybridized carbons (Fsp3) is 0.0909. The summed E-state index contributed by atoms with van der Waals surface area (Å²) in [6.07, 6.45) is 0.564. The molecular weight excluding hydrogens is 412 g/mol. The molecule has 0 spiro atoms. The second-order valence-electron chi connectivity index (χ2n) is 6.37. The van der Waals surface area contributed by atoms with E-state index in [9.17, 15) is 8.78 Å². The summed E-state index contributed by atoms with van der Waals surface area (Å²) in [6.45, 7) is 0. The standard InChI is InChI=1S/C22H16ClF2N3S/c23-16-8-4-9-17(13-16)28-21(12-15-6-2-1-3-7-15)26-27-22(28)29-14-18-19(24)10-5-11-20(18)25/h1-11,13H,12,14H2. The first-order valence-electron chi connectivity index (χ1n) is 8.91. The second-order valence-corrected chi connectivity index (χ2v) is 7.74. The molecule has 1 aromatic heterocycles. The number of hydrogen-bond donors (Lipinski definition) is 0. The van der Waals surface area contributed by atoms with Crippen molar-refractivity contribution in [3.63, 3.8) is 0 Å². The lowest BCUT2D eigenvalue weighted by molar-refractivity contribution is 0.566. The van der Waals surface area contributed by atoms with Crippen molar-refractivity contribution in [2.45, 2.75) is 17.3 Å². The van der Waals surface area contributed by atoms with Crippen LogP contribution in [0.1, 0.15) is 17.0 Å². The Morgan fingerprint density at radius 1 is 0.862 bits per heavy atom. The summed E-state index contributed by atoms with van der Waals surface area (Å²) in [4.78, 5) is 0. The van der Waals surface area contributed by atoms with Crippen molar-refractivity contribution >= 4 is 23.4 Å². The van der Waals surface area contributed by atoms with Gasteiger partial charge in [0.25, 0.3) is 0 Å². The molecule has 0 N–H and O–H groups in total. The Kier molecular flexibility index (Phi) is 5.92. The van der Waals surface area contributed by atoms with Gasteiger partial charge in [-0.3, -0.25) is 4.57 Å². The number of rotatable bonds is 6. The zero-order valence-corrected chi connectivity index (χ0v) is 16.8. The van der Waals surface area contributed by atoms with Gasteiger partial charge in [0.1, 0.15) is 17.5 Å². The van der Waals surface area contributed by atoms with E-state index in [1.807, 2.05) is 53.1 Å². The minimum absolute atomic E-state index is 0.0164. The number of aromatic nitrogens is 3. The highest BCUT2D eigenvalue weighted by atomic mass is 35.5. The molecule has 0 aliphatic rings. The van der Waals surface area contributed by atoms with Crippen LogP contribution in [-0.2, 0) is 12.2 Å². The Hall–Kier alpha value is -2.70. The lowest BCUT2D eigenvalue weighted by atomic mass is 10.1. The van der Waals surface area contributed by atoms with Crippen LogP contribution in [0.25, 0.3) is 5.69 Å². The van der Waals surface area contributed by atoms with Gasteiger partial charge in [-0.1, -0.05) is 65.8 Å². The maximum Gasteiger partial charge on any atom is 0.196 e. The van der Waals surface area contributed by atoms with Crippen LogP contribution in [0.15, 0.2) is 78.0 Å². The van der Waals surface area contributed by atoms with E-state index >= 15 is 0 Å². The predicted molar refractivity (Wildman–Crippen MR) is 112 cm³/mol. The predicted octanol–water partition coefficient (Wildman–Crippen LogP) is 6.08. The van der Waals surface area contributed by atoms with Gasteiger partial charge in [0.15, 0.2) is 5.16 Å². The Labute approximate surface area is 176 Å². The van der Waals surface area contributed by atoms with Crippen molar-refractivity contribution in [3.05, 3.63) is 106 Å². The molecule has 0 amide bonds. The number of nitrogens with zero attached hydrogens (tertiary/aromatic N) is 3. The maximum atomic E-state index is 14.0. The summed E-state index contributed by atoms with van der Waals surface area (Å²) in [5.74, 6) is -0.329. The molecular formula is C22H16ClF2N3S.